The summed E-state index contributed by atoms with van der Waals surface area (Å²) >= 11 is 0. The zero-order valence-electron chi connectivity index (χ0n) is 11.7. The molecule has 98 valence electrons. The Labute approximate surface area is 109 Å². The highest BCUT2D eigenvalue weighted by Gasteiger charge is 2.20. The summed E-state index contributed by atoms with van der Waals surface area (Å²) in [5.41, 5.74) is 1.09. The highest BCUT2D eigenvalue weighted by molar-refractivity contribution is 5.60. The number of hydrogen-bond acceptors (Lipinski definition) is 5. The summed E-state index contributed by atoms with van der Waals surface area (Å²) in [6, 6.07) is 2.33. The number of anilines is 2. The van der Waals surface area contributed by atoms with Crippen LogP contribution < -0.4 is 10.2 Å². The highest BCUT2D eigenvalue weighted by Crippen LogP contribution is 2.31. The van der Waals surface area contributed by atoms with E-state index < -0.39 is 0 Å². The molecule has 0 bridgehead atoms. The average molecular weight is 247 g/mol. The van der Waals surface area contributed by atoms with Gasteiger partial charge in [-0.25, -0.2) is 9.97 Å². The number of aromatic nitrogens is 2. The third-order valence-electron chi connectivity index (χ3n) is 3.06. The van der Waals surface area contributed by atoms with Gasteiger partial charge in [0.15, 0.2) is 0 Å². The Balaban J connectivity index is 3.19. The third kappa shape index (κ3) is 2.89. The molecule has 5 heteroatoms. The first-order valence-corrected chi connectivity index (χ1v) is 6.15. The van der Waals surface area contributed by atoms with Crippen LogP contribution in [0.1, 0.15) is 38.7 Å². The molecule has 1 aromatic rings. The SMILES string of the molecule is CNc1ncnc(N(C)C(C)CC#N)c1C(C)C. The molecule has 0 radical (unpaired) electrons. The van der Waals surface area contributed by atoms with Crippen LogP contribution in [0, 0.1) is 11.3 Å². The minimum atomic E-state index is 0.132. The molecular weight excluding hydrogens is 226 g/mol. The van der Waals surface area contributed by atoms with Gasteiger partial charge >= 0.3 is 0 Å². The molecule has 1 aromatic heterocycles. The summed E-state index contributed by atoms with van der Waals surface area (Å²) < 4.78 is 0. The van der Waals surface area contributed by atoms with Crippen LogP contribution in [-0.4, -0.2) is 30.1 Å². The number of nitrogens with one attached hydrogen (secondary N) is 1. The van der Waals surface area contributed by atoms with Crippen molar-refractivity contribution in [1.29, 1.82) is 5.26 Å². The van der Waals surface area contributed by atoms with Crippen LogP contribution in [0.15, 0.2) is 6.33 Å². The fourth-order valence-electron chi connectivity index (χ4n) is 1.88. The molecule has 1 atom stereocenters. The number of nitrogens with zero attached hydrogens (tertiary/aromatic N) is 4. The Morgan fingerprint density at radius 3 is 2.56 bits per heavy atom. The van der Waals surface area contributed by atoms with Gasteiger partial charge < -0.3 is 10.2 Å². The lowest BCUT2D eigenvalue weighted by molar-refractivity contribution is 0.682. The fraction of sp³-hybridized carbons (Fsp3) is 0.615. The van der Waals surface area contributed by atoms with Crippen molar-refractivity contribution in [2.75, 3.05) is 24.3 Å². The minimum Gasteiger partial charge on any atom is -0.373 e. The number of rotatable bonds is 5. The topological polar surface area (TPSA) is 64.8 Å². The molecule has 1 unspecified atom stereocenters. The van der Waals surface area contributed by atoms with Crippen LogP contribution in [0.2, 0.25) is 0 Å². The molecular formula is C13H21N5. The second-order valence-corrected chi connectivity index (χ2v) is 4.69. The first-order chi connectivity index (χ1) is 8.52. The van der Waals surface area contributed by atoms with Crippen LogP contribution >= 0.6 is 0 Å². The van der Waals surface area contributed by atoms with E-state index in [1.165, 1.54) is 0 Å². The maximum atomic E-state index is 8.79. The van der Waals surface area contributed by atoms with Gasteiger partial charge in [-0.1, -0.05) is 13.8 Å². The van der Waals surface area contributed by atoms with Crippen LogP contribution in [0.3, 0.4) is 0 Å². The van der Waals surface area contributed by atoms with E-state index in [-0.39, 0.29) is 6.04 Å². The molecule has 0 saturated heterocycles. The van der Waals surface area contributed by atoms with Gasteiger partial charge in [-0.2, -0.15) is 5.26 Å². The van der Waals surface area contributed by atoms with E-state index in [1.54, 1.807) is 6.33 Å². The number of nitriles is 1. The van der Waals surface area contributed by atoms with E-state index in [0.717, 1.165) is 17.2 Å². The molecule has 0 saturated carbocycles. The summed E-state index contributed by atoms with van der Waals surface area (Å²) in [6.45, 7) is 6.26. The average Bonchev–Trinajstić information content (AvgIpc) is 2.36. The monoisotopic (exact) mass is 247 g/mol. The second kappa shape index (κ2) is 6.20. The fourth-order valence-corrected chi connectivity index (χ4v) is 1.88. The van der Waals surface area contributed by atoms with E-state index in [0.29, 0.717) is 12.3 Å². The number of hydrogen-bond donors (Lipinski definition) is 1. The van der Waals surface area contributed by atoms with Crippen LogP contribution in [0.5, 0.6) is 0 Å². The molecule has 1 rings (SSSR count). The second-order valence-electron chi connectivity index (χ2n) is 4.69. The lowest BCUT2D eigenvalue weighted by atomic mass is 10.0. The Hall–Kier alpha value is -1.83. The molecule has 18 heavy (non-hydrogen) atoms. The summed E-state index contributed by atoms with van der Waals surface area (Å²) in [5, 5.41) is 11.9. The lowest BCUT2D eigenvalue weighted by Crippen LogP contribution is -2.30. The van der Waals surface area contributed by atoms with Gasteiger partial charge in [0, 0.05) is 25.7 Å². The predicted octanol–water partition coefficient (Wildman–Crippen LogP) is 2.38. The predicted molar refractivity (Wildman–Crippen MR) is 73.8 cm³/mol. The molecule has 0 spiro atoms. The largest absolute Gasteiger partial charge is 0.373 e. The van der Waals surface area contributed by atoms with Crippen molar-refractivity contribution in [3.8, 4) is 6.07 Å². The van der Waals surface area contributed by atoms with Crippen LogP contribution in [0.4, 0.5) is 11.6 Å². The summed E-state index contributed by atoms with van der Waals surface area (Å²) in [7, 11) is 3.83. The zero-order valence-corrected chi connectivity index (χ0v) is 11.7. The van der Waals surface area contributed by atoms with E-state index in [1.807, 2.05) is 25.9 Å². The summed E-state index contributed by atoms with van der Waals surface area (Å²) in [6.07, 6.45) is 2.04. The van der Waals surface area contributed by atoms with Gasteiger partial charge in [0.25, 0.3) is 0 Å². The Kier molecular flexibility index (Phi) is 4.90. The van der Waals surface area contributed by atoms with Gasteiger partial charge in [0.05, 0.1) is 12.5 Å². The van der Waals surface area contributed by atoms with Gasteiger partial charge in [-0.15, -0.1) is 0 Å². The summed E-state index contributed by atoms with van der Waals surface area (Å²) in [5.74, 6) is 2.07. The molecule has 1 N–H and O–H groups in total. The standard InChI is InChI=1S/C13H21N5/c1-9(2)11-12(15-4)16-8-17-13(11)18(5)10(3)6-7-14/h8-10H,6H2,1-5H3,(H,15,16,17). The van der Waals surface area contributed by atoms with Crippen molar-refractivity contribution >= 4 is 11.6 Å². The lowest BCUT2D eigenvalue weighted by Gasteiger charge is -2.28. The smallest absolute Gasteiger partial charge is 0.137 e. The molecule has 1 heterocycles. The van der Waals surface area contributed by atoms with Crippen LogP contribution in [0.25, 0.3) is 0 Å². The Bertz CT molecular complexity index is 435. The molecule has 0 aliphatic heterocycles. The quantitative estimate of drug-likeness (QED) is 0.865. The van der Waals surface area contributed by atoms with Gasteiger partial charge in [0.1, 0.15) is 18.0 Å². The third-order valence-corrected chi connectivity index (χ3v) is 3.06. The zero-order chi connectivity index (χ0) is 13.7. The van der Waals surface area contributed by atoms with Crippen molar-refractivity contribution in [3.05, 3.63) is 11.9 Å². The molecule has 0 aromatic carbocycles. The summed E-state index contributed by atoms with van der Waals surface area (Å²) in [4.78, 5) is 10.7. The Morgan fingerprint density at radius 2 is 2.06 bits per heavy atom. The van der Waals surface area contributed by atoms with Crippen molar-refractivity contribution in [1.82, 2.24) is 9.97 Å². The molecule has 0 amide bonds. The van der Waals surface area contributed by atoms with E-state index in [9.17, 15) is 0 Å². The highest BCUT2D eigenvalue weighted by atomic mass is 15.2. The normalized spacial score (nSPS) is 12.1. The van der Waals surface area contributed by atoms with Crippen molar-refractivity contribution in [2.24, 2.45) is 0 Å². The van der Waals surface area contributed by atoms with Gasteiger partial charge in [0.2, 0.25) is 0 Å². The van der Waals surface area contributed by atoms with Gasteiger partial charge in [-0.05, 0) is 12.8 Å². The molecule has 0 aliphatic rings. The van der Waals surface area contributed by atoms with E-state index >= 15 is 0 Å². The van der Waals surface area contributed by atoms with E-state index in [2.05, 4.69) is 35.2 Å². The van der Waals surface area contributed by atoms with Crippen molar-refractivity contribution in [2.45, 2.75) is 39.2 Å². The van der Waals surface area contributed by atoms with Crippen LogP contribution in [-0.2, 0) is 0 Å². The first-order valence-electron chi connectivity index (χ1n) is 6.15. The molecule has 0 aliphatic carbocycles. The Morgan fingerprint density at radius 1 is 1.39 bits per heavy atom. The van der Waals surface area contributed by atoms with E-state index in [4.69, 9.17) is 5.26 Å². The maximum absolute atomic E-state index is 8.79. The molecule has 0 fully saturated rings. The minimum absolute atomic E-state index is 0.132. The first kappa shape index (κ1) is 14.2. The van der Waals surface area contributed by atoms with Gasteiger partial charge in [-0.3, -0.25) is 0 Å². The van der Waals surface area contributed by atoms with Crippen molar-refractivity contribution in [3.63, 3.8) is 0 Å². The maximum Gasteiger partial charge on any atom is 0.137 e. The van der Waals surface area contributed by atoms with Crippen molar-refractivity contribution < 1.29 is 0 Å². The molecule has 5 nitrogen and oxygen atoms in total.